The van der Waals surface area contributed by atoms with Crippen molar-refractivity contribution in [2.24, 2.45) is 5.73 Å². The average molecular weight is 187 g/mol. The van der Waals surface area contributed by atoms with Gasteiger partial charge in [-0.2, -0.15) is 0 Å². The Morgan fingerprint density at radius 2 is 2.00 bits per heavy atom. The summed E-state index contributed by atoms with van der Waals surface area (Å²) in [6, 6.07) is -0.747. The molecule has 0 aromatic rings. The normalized spacial score (nSPS) is 21.6. The highest BCUT2D eigenvalue weighted by Crippen LogP contribution is 2.00. The van der Waals surface area contributed by atoms with Crippen LogP contribution in [0.1, 0.15) is 0 Å². The first-order valence-corrected chi connectivity index (χ1v) is 4.49. The minimum absolute atomic E-state index is 0.143. The molecule has 0 aliphatic carbocycles. The third kappa shape index (κ3) is 2.65. The van der Waals surface area contributed by atoms with E-state index < -0.39 is 6.04 Å². The van der Waals surface area contributed by atoms with Crippen molar-refractivity contribution in [3.63, 3.8) is 0 Å². The molecule has 13 heavy (non-hydrogen) atoms. The van der Waals surface area contributed by atoms with Crippen LogP contribution in [0.3, 0.4) is 0 Å². The second kappa shape index (κ2) is 4.55. The first-order chi connectivity index (χ1) is 6.15. The highest BCUT2D eigenvalue weighted by molar-refractivity contribution is 5.81. The first-order valence-electron chi connectivity index (χ1n) is 4.49. The maximum Gasteiger partial charge on any atom is 0.241 e. The molecule has 1 aliphatic heterocycles. The van der Waals surface area contributed by atoms with Crippen molar-refractivity contribution in [2.45, 2.75) is 6.04 Å². The largest absolute Gasteiger partial charge is 0.394 e. The second-order valence-electron chi connectivity index (χ2n) is 3.42. The lowest BCUT2D eigenvalue weighted by Crippen LogP contribution is -2.53. The summed E-state index contributed by atoms with van der Waals surface area (Å²) in [7, 11) is 2.02. The second-order valence-corrected chi connectivity index (χ2v) is 3.42. The summed E-state index contributed by atoms with van der Waals surface area (Å²) in [4.78, 5) is 15.3. The van der Waals surface area contributed by atoms with Gasteiger partial charge in [-0.25, -0.2) is 0 Å². The predicted octanol–water partition coefficient (Wildman–Crippen LogP) is -1.92. The van der Waals surface area contributed by atoms with Crippen LogP contribution in [0.2, 0.25) is 0 Å². The number of hydrogen-bond donors (Lipinski definition) is 2. The molecule has 0 aromatic carbocycles. The highest BCUT2D eigenvalue weighted by Gasteiger charge is 2.23. The molecule has 1 rings (SSSR count). The zero-order valence-electron chi connectivity index (χ0n) is 7.94. The minimum Gasteiger partial charge on any atom is -0.394 e. The number of nitrogens with two attached hydrogens (primary N) is 1. The lowest BCUT2D eigenvalue weighted by molar-refractivity contribution is -0.135. The van der Waals surface area contributed by atoms with E-state index in [0.717, 1.165) is 13.1 Å². The van der Waals surface area contributed by atoms with Crippen LogP contribution in [0, 0.1) is 0 Å². The van der Waals surface area contributed by atoms with Gasteiger partial charge in [0, 0.05) is 26.2 Å². The molecule has 1 heterocycles. The van der Waals surface area contributed by atoms with E-state index >= 15 is 0 Å². The smallest absolute Gasteiger partial charge is 0.241 e. The van der Waals surface area contributed by atoms with Crippen molar-refractivity contribution in [1.29, 1.82) is 0 Å². The summed E-state index contributed by atoms with van der Waals surface area (Å²) in [5, 5.41) is 8.70. The van der Waals surface area contributed by atoms with E-state index in [2.05, 4.69) is 4.90 Å². The van der Waals surface area contributed by atoms with Gasteiger partial charge in [0.2, 0.25) is 5.91 Å². The average Bonchev–Trinajstić information content (AvgIpc) is 2.17. The van der Waals surface area contributed by atoms with Gasteiger partial charge in [0.05, 0.1) is 6.61 Å². The Bertz CT molecular complexity index is 178. The topological polar surface area (TPSA) is 69.8 Å². The molecule has 5 heteroatoms. The van der Waals surface area contributed by atoms with Crippen molar-refractivity contribution in [1.82, 2.24) is 9.80 Å². The van der Waals surface area contributed by atoms with E-state index in [-0.39, 0.29) is 12.5 Å². The van der Waals surface area contributed by atoms with Crippen molar-refractivity contribution < 1.29 is 9.90 Å². The van der Waals surface area contributed by atoms with E-state index in [1.54, 1.807) is 4.90 Å². The number of carbonyl (C=O) groups is 1. The molecule has 0 saturated carbocycles. The molecule has 1 fully saturated rings. The first kappa shape index (κ1) is 10.4. The fourth-order valence-corrected chi connectivity index (χ4v) is 1.34. The Kier molecular flexibility index (Phi) is 3.65. The van der Waals surface area contributed by atoms with Crippen LogP contribution in [-0.2, 0) is 4.79 Å². The van der Waals surface area contributed by atoms with E-state index in [9.17, 15) is 4.79 Å². The number of rotatable bonds is 2. The molecule has 3 N–H and O–H groups in total. The molecular weight excluding hydrogens is 170 g/mol. The molecule has 0 spiro atoms. The number of nitrogens with zero attached hydrogens (tertiary/aromatic N) is 2. The van der Waals surface area contributed by atoms with Gasteiger partial charge in [0.25, 0.3) is 0 Å². The summed E-state index contributed by atoms with van der Waals surface area (Å²) in [6.07, 6.45) is 0. The van der Waals surface area contributed by atoms with Crippen molar-refractivity contribution in [3.05, 3.63) is 0 Å². The molecule has 0 aromatic heterocycles. The highest BCUT2D eigenvalue weighted by atomic mass is 16.3. The quantitative estimate of drug-likeness (QED) is 0.529. The van der Waals surface area contributed by atoms with E-state index in [4.69, 9.17) is 10.8 Å². The summed E-state index contributed by atoms with van der Waals surface area (Å²) in [5.74, 6) is -0.143. The van der Waals surface area contributed by atoms with E-state index in [0.29, 0.717) is 13.1 Å². The van der Waals surface area contributed by atoms with Gasteiger partial charge in [0.15, 0.2) is 0 Å². The molecule has 0 radical (unpaired) electrons. The Morgan fingerprint density at radius 1 is 1.46 bits per heavy atom. The van der Waals surface area contributed by atoms with Gasteiger partial charge in [-0.15, -0.1) is 0 Å². The summed E-state index contributed by atoms with van der Waals surface area (Å²) >= 11 is 0. The van der Waals surface area contributed by atoms with Crippen LogP contribution in [-0.4, -0.2) is 66.7 Å². The lowest BCUT2D eigenvalue weighted by atomic mass is 10.2. The number of aliphatic hydroxyl groups excluding tert-OH is 1. The number of carbonyl (C=O) groups excluding carboxylic acids is 1. The minimum atomic E-state index is -0.747. The van der Waals surface area contributed by atoms with Crippen LogP contribution in [0.15, 0.2) is 0 Å². The van der Waals surface area contributed by atoms with Gasteiger partial charge in [-0.05, 0) is 7.05 Å². The van der Waals surface area contributed by atoms with Crippen molar-refractivity contribution in [3.8, 4) is 0 Å². The Labute approximate surface area is 78.1 Å². The fraction of sp³-hybridized carbons (Fsp3) is 0.875. The van der Waals surface area contributed by atoms with Crippen molar-refractivity contribution >= 4 is 5.91 Å². The Morgan fingerprint density at radius 3 is 2.46 bits per heavy atom. The van der Waals surface area contributed by atoms with Gasteiger partial charge in [-0.3, -0.25) is 4.79 Å². The zero-order valence-corrected chi connectivity index (χ0v) is 7.94. The number of piperazine rings is 1. The molecule has 1 unspecified atom stereocenters. The van der Waals surface area contributed by atoms with Crippen LogP contribution in [0.4, 0.5) is 0 Å². The summed E-state index contributed by atoms with van der Waals surface area (Å²) in [6.45, 7) is 2.91. The lowest BCUT2D eigenvalue weighted by Gasteiger charge is -2.33. The monoisotopic (exact) mass is 187 g/mol. The van der Waals surface area contributed by atoms with Crippen LogP contribution >= 0.6 is 0 Å². The van der Waals surface area contributed by atoms with Gasteiger partial charge in [-0.1, -0.05) is 0 Å². The number of amides is 1. The molecule has 0 bridgehead atoms. The van der Waals surface area contributed by atoms with E-state index in [1.165, 1.54) is 0 Å². The standard InChI is InChI=1S/C8H17N3O2/c1-10-2-4-11(5-3-10)8(13)7(9)6-12/h7,12H,2-6,9H2,1H3. The molecule has 76 valence electrons. The van der Waals surface area contributed by atoms with Gasteiger partial charge >= 0.3 is 0 Å². The molecule has 1 aliphatic rings. The Balaban J connectivity index is 2.40. The van der Waals surface area contributed by atoms with Crippen LogP contribution < -0.4 is 5.73 Å². The SMILES string of the molecule is CN1CCN(C(=O)C(N)CO)CC1. The fourth-order valence-electron chi connectivity index (χ4n) is 1.34. The maximum atomic E-state index is 11.5. The summed E-state index contributed by atoms with van der Waals surface area (Å²) < 4.78 is 0. The van der Waals surface area contributed by atoms with Crippen LogP contribution in [0.25, 0.3) is 0 Å². The maximum absolute atomic E-state index is 11.5. The third-order valence-electron chi connectivity index (χ3n) is 2.33. The Hall–Kier alpha value is -0.650. The zero-order chi connectivity index (χ0) is 9.84. The number of hydrogen-bond acceptors (Lipinski definition) is 4. The molecule has 5 nitrogen and oxygen atoms in total. The van der Waals surface area contributed by atoms with Gasteiger partial charge < -0.3 is 20.6 Å². The molecular formula is C8H17N3O2. The van der Waals surface area contributed by atoms with Crippen molar-refractivity contribution in [2.75, 3.05) is 39.8 Å². The van der Waals surface area contributed by atoms with Crippen LogP contribution in [0.5, 0.6) is 0 Å². The summed E-state index contributed by atoms with van der Waals surface area (Å²) in [5.41, 5.74) is 5.43. The number of likely N-dealkylation sites (N-methyl/N-ethyl adjacent to an activating group) is 1. The molecule has 1 amide bonds. The number of aliphatic hydroxyl groups is 1. The third-order valence-corrected chi connectivity index (χ3v) is 2.33. The van der Waals surface area contributed by atoms with E-state index in [1.807, 2.05) is 7.05 Å². The van der Waals surface area contributed by atoms with Gasteiger partial charge in [0.1, 0.15) is 6.04 Å². The molecule has 1 atom stereocenters. The predicted molar refractivity (Wildman–Crippen MR) is 49.1 cm³/mol. The molecule has 1 saturated heterocycles.